The molecule has 0 aromatic carbocycles. The van der Waals surface area contributed by atoms with Gasteiger partial charge in [0.2, 0.25) is 0 Å². The Balaban J connectivity index is 2.28. The second-order valence-electron chi connectivity index (χ2n) is 5.98. The van der Waals surface area contributed by atoms with E-state index in [2.05, 4.69) is 34.4 Å². The highest BCUT2D eigenvalue weighted by Gasteiger charge is 2.24. The summed E-state index contributed by atoms with van der Waals surface area (Å²) in [6.07, 6.45) is 3.69. The summed E-state index contributed by atoms with van der Waals surface area (Å²) in [6.45, 7) is 12.6. The second kappa shape index (κ2) is 10.9. The summed E-state index contributed by atoms with van der Waals surface area (Å²) in [7, 11) is 1.83. The molecule has 0 spiro atoms. The zero-order valence-corrected chi connectivity index (χ0v) is 14.3. The van der Waals surface area contributed by atoms with Crippen LogP contribution < -0.4 is 10.6 Å². The van der Waals surface area contributed by atoms with E-state index < -0.39 is 0 Å². The van der Waals surface area contributed by atoms with Crippen molar-refractivity contribution in [2.24, 2.45) is 10.9 Å². The Kier molecular flexibility index (Phi) is 9.42. The van der Waals surface area contributed by atoms with Crippen LogP contribution in [0.1, 0.15) is 40.0 Å². The number of hydrogen-bond acceptors (Lipinski definition) is 3. The van der Waals surface area contributed by atoms with Gasteiger partial charge in [-0.3, -0.25) is 9.89 Å². The van der Waals surface area contributed by atoms with E-state index in [4.69, 9.17) is 4.74 Å². The third kappa shape index (κ3) is 7.14. The van der Waals surface area contributed by atoms with E-state index >= 15 is 0 Å². The van der Waals surface area contributed by atoms with E-state index in [0.717, 1.165) is 38.7 Å². The lowest BCUT2D eigenvalue weighted by atomic mass is 10.0. The van der Waals surface area contributed by atoms with E-state index in [-0.39, 0.29) is 0 Å². The van der Waals surface area contributed by atoms with Crippen LogP contribution in [0.25, 0.3) is 0 Å². The summed E-state index contributed by atoms with van der Waals surface area (Å²) in [6, 6.07) is 0.592. The van der Waals surface area contributed by atoms with Crippen LogP contribution in [0.2, 0.25) is 0 Å². The molecule has 0 aromatic heterocycles. The number of likely N-dealkylation sites (tertiary alicyclic amines) is 1. The molecule has 1 atom stereocenters. The smallest absolute Gasteiger partial charge is 0.191 e. The van der Waals surface area contributed by atoms with Crippen molar-refractivity contribution in [2.45, 2.75) is 46.1 Å². The van der Waals surface area contributed by atoms with Crippen molar-refractivity contribution in [3.05, 3.63) is 0 Å². The predicted octanol–water partition coefficient (Wildman–Crippen LogP) is 1.70. The highest BCUT2D eigenvalue weighted by molar-refractivity contribution is 5.79. The molecule has 1 aliphatic rings. The summed E-state index contributed by atoms with van der Waals surface area (Å²) >= 11 is 0. The zero-order valence-electron chi connectivity index (χ0n) is 14.3. The number of hydrogen-bond donors (Lipinski definition) is 2. The van der Waals surface area contributed by atoms with Crippen LogP contribution in [0.3, 0.4) is 0 Å². The van der Waals surface area contributed by atoms with Gasteiger partial charge in [0.25, 0.3) is 0 Å². The number of nitrogens with zero attached hydrogens (tertiary/aromatic N) is 2. The molecule has 0 radical (unpaired) electrons. The number of ether oxygens (including phenoxy) is 1. The van der Waals surface area contributed by atoms with Crippen LogP contribution >= 0.6 is 0 Å². The minimum atomic E-state index is 0.592. The fraction of sp³-hybridized carbons (Fsp3) is 0.938. The van der Waals surface area contributed by atoms with Crippen LogP contribution in [0, 0.1) is 5.92 Å². The van der Waals surface area contributed by atoms with Crippen molar-refractivity contribution in [1.29, 1.82) is 0 Å². The molecule has 0 bridgehead atoms. The van der Waals surface area contributed by atoms with Gasteiger partial charge in [-0.1, -0.05) is 13.8 Å². The molecule has 1 unspecified atom stereocenters. The molecular weight excluding hydrogens is 264 g/mol. The van der Waals surface area contributed by atoms with Gasteiger partial charge >= 0.3 is 0 Å². The molecule has 1 saturated heterocycles. The number of aliphatic imine (C=N–C) groups is 1. The van der Waals surface area contributed by atoms with Gasteiger partial charge in [-0.05, 0) is 45.2 Å². The van der Waals surface area contributed by atoms with Gasteiger partial charge in [-0.25, -0.2) is 0 Å². The first-order chi connectivity index (χ1) is 10.2. The highest BCUT2D eigenvalue weighted by Crippen LogP contribution is 2.16. The van der Waals surface area contributed by atoms with Gasteiger partial charge < -0.3 is 15.4 Å². The largest absolute Gasteiger partial charge is 0.382 e. The van der Waals surface area contributed by atoms with E-state index in [1.807, 2.05) is 14.0 Å². The minimum Gasteiger partial charge on any atom is -0.382 e. The first-order valence-corrected chi connectivity index (χ1v) is 8.45. The maximum atomic E-state index is 5.34. The van der Waals surface area contributed by atoms with Crippen molar-refractivity contribution in [1.82, 2.24) is 15.5 Å². The summed E-state index contributed by atoms with van der Waals surface area (Å²) in [4.78, 5) is 6.91. The van der Waals surface area contributed by atoms with Crippen molar-refractivity contribution in [2.75, 3.05) is 46.4 Å². The van der Waals surface area contributed by atoms with E-state index in [1.54, 1.807) is 0 Å². The third-order valence-electron chi connectivity index (χ3n) is 4.04. The van der Waals surface area contributed by atoms with Gasteiger partial charge in [-0.15, -0.1) is 0 Å². The summed E-state index contributed by atoms with van der Waals surface area (Å²) in [5, 5.41) is 6.83. The lowest BCUT2D eigenvalue weighted by Gasteiger charge is -2.31. The topological polar surface area (TPSA) is 48.9 Å². The molecule has 0 aromatic rings. The maximum Gasteiger partial charge on any atom is 0.191 e. The maximum absolute atomic E-state index is 5.34. The van der Waals surface area contributed by atoms with Gasteiger partial charge in [0.1, 0.15) is 0 Å². The van der Waals surface area contributed by atoms with Gasteiger partial charge in [0, 0.05) is 39.4 Å². The number of rotatable bonds is 9. The molecule has 21 heavy (non-hydrogen) atoms. The lowest BCUT2D eigenvalue weighted by molar-refractivity contribution is 0.145. The molecule has 0 amide bonds. The van der Waals surface area contributed by atoms with Gasteiger partial charge in [-0.2, -0.15) is 0 Å². The Bertz CT molecular complexity index is 288. The molecule has 2 N–H and O–H groups in total. The van der Waals surface area contributed by atoms with Gasteiger partial charge in [0.05, 0.1) is 0 Å². The Labute approximate surface area is 130 Å². The first kappa shape index (κ1) is 18.2. The molecule has 5 heteroatoms. The van der Waals surface area contributed by atoms with Crippen LogP contribution in [-0.2, 0) is 4.74 Å². The van der Waals surface area contributed by atoms with Crippen molar-refractivity contribution < 1.29 is 4.74 Å². The molecule has 1 heterocycles. The summed E-state index contributed by atoms with van der Waals surface area (Å²) in [5.41, 5.74) is 0. The normalized spacial score (nSPS) is 18.2. The number of nitrogens with one attached hydrogen (secondary N) is 2. The zero-order chi connectivity index (χ0) is 15.5. The van der Waals surface area contributed by atoms with E-state index in [1.165, 1.54) is 25.9 Å². The molecule has 0 aliphatic carbocycles. The average molecular weight is 298 g/mol. The van der Waals surface area contributed by atoms with Crippen LogP contribution in [0.5, 0.6) is 0 Å². The Hall–Kier alpha value is -0.810. The monoisotopic (exact) mass is 298 g/mol. The molecule has 1 aliphatic heterocycles. The second-order valence-corrected chi connectivity index (χ2v) is 5.98. The molecule has 0 saturated carbocycles. The molecule has 1 rings (SSSR count). The quantitative estimate of drug-likeness (QED) is 0.386. The summed E-state index contributed by atoms with van der Waals surface area (Å²) in [5.74, 6) is 1.56. The van der Waals surface area contributed by atoms with Gasteiger partial charge in [0.15, 0.2) is 5.96 Å². The Morgan fingerprint density at radius 3 is 2.52 bits per heavy atom. The van der Waals surface area contributed by atoms with E-state index in [9.17, 15) is 0 Å². The predicted molar refractivity (Wildman–Crippen MR) is 89.9 cm³/mol. The van der Waals surface area contributed by atoms with Crippen LogP contribution in [0.15, 0.2) is 4.99 Å². The van der Waals surface area contributed by atoms with Crippen molar-refractivity contribution in [3.8, 4) is 0 Å². The molecule has 124 valence electrons. The lowest BCUT2D eigenvalue weighted by Crippen LogP contribution is -2.48. The minimum absolute atomic E-state index is 0.592. The number of guanidine groups is 1. The van der Waals surface area contributed by atoms with Crippen LogP contribution in [-0.4, -0.2) is 63.3 Å². The molecular formula is C16H34N4O. The Morgan fingerprint density at radius 1 is 1.24 bits per heavy atom. The fourth-order valence-corrected chi connectivity index (χ4v) is 2.81. The molecule has 5 nitrogen and oxygen atoms in total. The average Bonchev–Trinajstić information content (AvgIpc) is 2.98. The highest BCUT2D eigenvalue weighted by atomic mass is 16.5. The SMILES string of the molecule is CCOCCCNC(=NC)NCC(C(C)C)N1CCCC1. The Morgan fingerprint density at radius 2 is 1.95 bits per heavy atom. The first-order valence-electron chi connectivity index (χ1n) is 8.45. The third-order valence-corrected chi connectivity index (χ3v) is 4.04. The van der Waals surface area contributed by atoms with Crippen molar-refractivity contribution in [3.63, 3.8) is 0 Å². The van der Waals surface area contributed by atoms with Crippen molar-refractivity contribution >= 4 is 5.96 Å². The fourth-order valence-electron chi connectivity index (χ4n) is 2.81. The molecule has 1 fully saturated rings. The van der Waals surface area contributed by atoms with Crippen LogP contribution in [0.4, 0.5) is 0 Å². The standard InChI is InChI=1S/C16H34N4O/c1-5-21-12-8-9-18-16(17-4)19-13-15(14(2)3)20-10-6-7-11-20/h14-15H,5-13H2,1-4H3,(H2,17,18,19). The summed E-state index contributed by atoms with van der Waals surface area (Å²) < 4.78 is 5.34. The van der Waals surface area contributed by atoms with E-state index in [0.29, 0.717) is 12.0 Å².